The molecular formula is C14H19NO2. The maximum Gasteiger partial charge on any atom is 0.310 e. The molecule has 1 aromatic carbocycles. The summed E-state index contributed by atoms with van der Waals surface area (Å²) in [5, 5.41) is 0. The van der Waals surface area contributed by atoms with E-state index in [1.807, 2.05) is 13.0 Å². The second-order valence-electron chi connectivity index (χ2n) is 4.49. The molecule has 0 saturated heterocycles. The lowest BCUT2D eigenvalue weighted by Gasteiger charge is -2.09. The molecule has 1 aliphatic carbocycles. The largest absolute Gasteiger partial charge is 0.466 e. The van der Waals surface area contributed by atoms with Crippen LogP contribution in [0.4, 0.5) is 0 Å². The van der Waals surface area contributed by atoms with Gasteiger partial charge >= 0.3 is 5.97 Å². The average Bonchev–Trinajstić information content (AvgIpc) is 2.71. The van der Waals surface area contributed by atoms with Crippen molar-refractivity contribution in [3.8, 4) is 0 Å². The first kappa shape index (κ1) is 12.1. The normalized spacial score (nSPS) is 17.9. The van der Waals surface area contributed by atoms with Crippen molar-refractivity contribution in [2.24, 2.45) is 5.73 Å². The van der Waals surface area contributed by atoms with Gasteiger partial charge in [-0.15, -0.1) is 0 Å². The number of aryl methyl sites for hydroxylation is 1. The number of benzene rings is 1. The Bertz CT molecular complexity index is 415. The molecule has 0 amide bonds. The molecule has 0 radical (unpaired) electrons. The van der Waals surface area contributed by atoms with Crippen LogP contribution in [0.3, 0.4) is 0 Å². The molecule has 1 unspecified atom stereocenters. The van der Waals surface area contributed by atoms with E-state index in [-0.39, 0.29) is 5.97 Å². The van der Waals surface area contributed by atoms with Gasteiger partial charge in [0, 0.05) is 0 Å². The monoisotopic (exact) mass is 233 g/mol. The first-order valence-electron chi connectivity index (χ1n) is 6.22. The molecule has 2 N–H and O–H groups in total. The number of fused-ring (bicyclic) bond motifs is 1. The van der Waals surface area contributed by atoms with Crippen molar-refractivity contribution in [3.05, 3.63) is 34.9 Å². The summed E-state index contributed by atoms with van der Waals surface area (Å²) in [5.74, 6) is 0.350. The Kier molecular flexibility index (Phi) is 3.79. The highest BCUT2D eigenvalue weighted by Gasteiger charge is 2.21. The van der Waals surface area contributed by atoms with Crippen molar-refractivity contribution in [1.29, 1.82) is 0 Å². The molecule has 0 aromatic heterocycles. The van der Waals surface area contributed by atoms with Crippen molar-refractivity contribution in [3.63, 3.8) is 0 Å². The fourth-order valence-electron chi connectivity index (χ4n) is 2.49. The molecule has 3 nitrogen and oxygen atoms in total. The Morgan fingerprint density at radius 3 is 3.06 bits per heavy atom. The van der Waals surface area contributed by atoms with Crippen molar-refractivity contribution in [2.75, 3.05) is 13.2 Å². The van der Waals surface area contributed by atoms with Crippen LogP contribution in [0.15, 0.2) is 18.2 Å². The Labute approximate surface area is 102 Å². The van der Waals surface area contributed by atoms with Gasteiger partial charge < -0.3 is 10.5 Å². The van der Waals surface area contributed by atoms with Gasteiger partial charge in [-0.05, 0) is 48.9 Å². The molecular weight excluding hydrogens is 214 g/mol. The zero-order valence-electron chi connectivity index (χ0n) is 10.2. The smallest absolute Gasteiger partial charge is 0.310 e. The molecule has 1 aliphatic rings. The summed E-state index contributed by atoms with van der Waals surface area (Å²) >= 11 is 0. The topological polar surface area (TPSA) is 52.3 Å². The summed E-state index contributed by atoms with van der Waals surface area (Å²) in [6.07, 6.45) is 2.58. The minimum absolute atomic E-state index is 0.152. The highest BCUT2D eigenvalue weighted by Crippen LogP contribution is 2.32. The van der Waals surface area contributed by atoms with Crippen molar-refractivity contribution in [2.45, 2.75) is 32.1 Å². The van der Waals surface area contributed by atoms with Gasteiger partial charge in [0.2, 0.25) is 0 Å². The number of ether oxygens (including phenoxy) is 1. The highest BCUT2D eigenvalue weighted by molar-refractivity contribution is 5.72. The van der Waals surface area contributed by atoms with Crippen LogP contribution in [0.5, 0.6) is 0 Å². The number of esters is 1. The van der Waals surface area contributed by atoms with Crippen molar-refractivity contribution < 1.29 is 9.53 Å². The van der Waals surface area contributed by atoms with Crippen molar-refractivity contribution >= 4 is 5.97 Å². The van der Waals surface area contributed by atoms with Gasteiger partial charge in [-0.25, -0.2) is 0 Å². The van der Waals surface area contributed by atoms with E-state index in [9.17, 15) is 4.79 Å². The summed E-state index contributed by atoms with van der Waals surface area (Å²) in [6, 6.07) is 6.26. The third-order valence-electron chi connectivity index (χ3n) is 3.35. The minimum atomic E-state index is -0.152. The third-order valence-corrected chi connectivity index (χ3v) is 3.35. The SMILES string of the molecule is CCOC(=O)Cc1ccc2c(c1)CCC2CN. The van der Waals surface area contributed by atoms with Crippen LogP contribution in [0, 0.1) is 0 Å². The fraction of sp³-hybridized carbons (Fsp3) is 0.500. The Morgan fingerprint density at radius 1 is 1.53 bits per heavy atom. The molecule has 0 fully saturated rings. The summed E-state index contributed by atoms with van der Waals surface area (Å²) < 4.78 is 4.95. The second kappa shape index (κ2) is 5.32. The average molecular weight is 233 g/mol. The molecule has 1 atom stereocenters. The lowest BCUT2D eigenvalue weighted by Crippen LogP contribution is -2.10. The molecule has 0 spiro atoms. The van der Waals surface area contributed by atoms with Crippen LogP contribution in [0.1, 0.15) is 36.0 Å². The number of nitrogens with two attached hydrogens (primary N) is 1. The van der Waals surface area contributed by atoms with Crippen LogP contribution in [-0.2, 0) is 22.4 Å². The van der Waals surface area contributed by atoms with Gasteiger partial charge in [0.05, 0.1) is 13.0 Å². The molecule has 92 valence electrons. The number of carbonyl (C=O) groups excluding carboxylic acids is 1. The van der Waals surface area contributed by atoms with Gasteiger partial charge in [0.1, 0.15) is 0 Å². The van der Waals surface area contributed by atoms with E-state index in [0.717, 1.165) is 18.4 Å². The second-order valence-corrected chi connectivity index (χ2v) is 4.49. The molecule has 3 heteroatoms. The van der Waals surface area contributed by atoms with Gasteiger partial charge in [0.25, 0.3) is 0 Å². The van der Waals surface area contributed by atoms with Crippen LogP contribution >= 0.6 is 0 Å². The van der Waals surface area contributed by atoms with Crippen molar-refractivity contribution in [1.82, 2.24) is 0 Å². The van der Waals surface area contributed by atoms with E-state index in [1.165, 1.54) is 11.1 Å². The van der Waals surface area contributed by atoms with E-state index in [2.05, 4.69) is 12.1 Å². The quantitative estimate of drug-likeness (QED) is 0.806. The molecule has 0 aliphatic heterocycles. The molecule has 0 saturated carbocycles. The Hall–Kier alpha value is -1.35. The van der Waals surface area contributed by atoms with Crippen LogP contribution < -0.4 is 5.73 Å². The zero-order chi connectivity index (χ0) is 12.3. The van der Waals surface area contributed by atoms with Crippen LogP contribution in [-0.4, -0.2) is 19.1 Å². The van der Waals surface area contributed by atoms with Gasteiger partial charge in [-0.3, -0.25) is 4.79 Å². The third kappa shape index (κ3) is 2.67. The maximum absolute atomic E-state index is 11.4. The first-order chi connectivity index (χ1) is 8.24. The molecule has 2 rings (SSSR count). The minimum Gasteiger partial charge on any atom is -0.466 e. The predicted molar refractivity (Wildman–Crippen MR) is 66.9 cm³/mol. The zero-order valence-corrected chi connectivity index (χ0v) is 10.2. The predicted octanol–water partition coefficient (Wildman–Crippen LogP) is 1.78. The van der Waals surface area contributed by atoms with E-state index < -0.39 is 0 Å². The van der Waals surface area contributed by atoms with E-state index in [1.54, 1.807) is 0 Å². The molecule has 0 bridgehead atoms. The number of hydrogen-bond donors (Lipinski definition) is 1. The van der Waals surface area contributed by atoms with Gasteiger partial charge in [-0.2, -0.15) is 0 Å². The number of rotatable bonds is 4. The summed E-state index contributed by atoms with van der Waals surface area (Å²) in [6.45, 7) is 2.98. The summed E-state index contributed by atoms with van der Waals surface area (Å²) in [5.41, 5.74) is 9.48. The van der Waals surface area contributed by atoms with Gasteiger partial charge in [-0.1, -0.05) is 18.2 Å². The lowest BCUT2D eigenvalue weighted by molar-refractivity contribution is -0.142. The summed E-state index contributed by atoms with van der Waals surface area (Å²) in [4.78, 5) is 11.4. The van der Waals surface area contributed by atoms with Crippen LogP contribution in [0.2, 0.25) is 0 Å². The molecule has 0 heterocycles. The van der Waals surface area contributed by atoms with E-state index in [4.69, 9.17) is 10.5 Å². The van der Waals surface area contributed by atoms with Crippen LogP contribution in [0.25, 0.3) is 0 Å². The summed E-state index contributed by atoms with van der Waals surface area (Å²) in [7, 11) is 0. The van der Waals surface area contributed by atoms with Gasteiger partial charge in [0.15, 0.2) is 0 Å². The Morgan fingerprint density at radius 2 is 2.35 bits per heavy atom. The highest BCUT2D eigenvalue weighted by atomic mass is 16.5. The number of hydrogen-bond acceptors (Lipinski definition) is 3. The maximum atomic E-state index is 11.4. The molecule has 17 heavy (non-hydrogen) atoms. The standard InChI is InChI=1S/C14H19NO2/c1-2-17-14(16)8-10-3-6-13-11(7-10)4-5-12(13)9-15/h3,6-7,12H,2,4-5,8-9,15H2,1H3. The Balaban J connectivity index is 2.10. The van der Waals surface area contributed by atoms with E-state index in [0.29, 0.717) is 25.5 Å². The number of carbonyl (C=O) groups is 1. The first-order valence-corrected chi connectivity index (χ1v) is 6.22. The lowest BCUT2D eigenvalue weighted by atomic mass is 9.99. The van der Waals surface area contributed by atoms with E-state index >= 15 is 0 Å². The molecule has 1 aromatic rings. The fourth-order valence-corrected chi connectivity index (χ4v) is 2.49.